The molecule has 1 aromatic rings. The van der Waals surface area contributed by atoms with Crippen molar-refractivity contribution in [1.82, 2.24) is 4.72 Å². The molecule has 0 amide bonds. The number of nitrogens with one attached hydrogen (secondary N) is 1. The van der Waals surface area contributed by atoms with E-state index in [0.717, 1.165) is 12.1 Å². The van der Waals surface area contributed by atoms with Crippen LogP contribution in [0.5, 0.6) is 0 Å². The van der Waals surface area contributed by atoms with Gasteiger partial charge in [-0.25, -0.2) is 13.1 Å². The fourth-order valence-electron chi connectivity index (χ4n) is 1.24. The molecule has 16 heavy (non-hydrogen) atoms. The van der Waals surface area contributed by atoms with Crippen LogP contribution in [0.3, 0.4) is 0 Å². The number of anilines is 1. The van der Waals surface area contributed by atoms with Crippen molar-refractivity contribution < 1.29 is 8.42 Å². The molecule has 5 heteroatoms. The first-order chi connectivity index (χ1) is 7.47. The summed E-state index contributed by atoms with van der Waals surface area (Å²) < 4.78 is 26.0. The number of nitrogens with zero attached hydrogens (tertiary/aromatic N) is 1. The van der Waals surface area contributed by atoms with Crippen LogP contribution < -0.4 is 9.62 Å². The third-order valence-electron chi connectivity index (χ3n) is 2.21. The van der Waals surface area contributed by atoms with Gasteiger partial charge in [-0.2, -0.15) is 0 Å². The minimum absolute atomic E-state index is 0.312. The number of hydrogen-bond acceptors (Lipinski definition) is 3. The van der Waals surface area contributed by atoms with E-state index in [1.807, 2.05) is 25.9 Å². The number of sulfonamides is 1. The van der Waals surface area contributed by atoms with Crippen LogP contribution in [-0.2, 0) is 10.0 Å². The number of rotatable bonds is 5. The Morgan fingerprint density at radius 3 is 2.19 bits per heavy atom. The van der Waals surface area contributed by atoms with E-state index in [1.165, 1.54) is 0 Å². The zero-order valence-corrected chi connectivity index (χ0v) is 10.7. The summed E-state index contributed by atoms with van der Waals surface area (Å²) in [6, 6.07) is 6.82. The van der Waals surface area contributed by atoms with E-state index in [2.05, 4.69) is 4.72 Å². The van der Waals surface area contributed by atoms with Gasteiger partial charge in [0.1, 0.15) is 0 Å². The highest BCUT2D eigenvalue weighted by Crippen LogP contribution is 2.15. The molecule has 0 fully saturated rings. The van der Waals surface area contributed by atoms with Gasteiger partial charge in [-0.05, 0) is 30.7 Å². The van der Waals surface area contributed by atoms with E-state index in [4.69, 9.17) is 0 Å². The third kappa shape index (κ3) is 3.21. The van der Waals surface area contributed by atoms with Crippen molar-refractivity contribution in [2.24, 2.45) is 0 Å². The average Bonchev–Trinajstić information content (AvgIpc) is 2.26. The van der Waals surface area contributed by atoms with Crippen molar-refractivity contribution in [3.63, 3.8) is 0 Å². The first-order valence-corrected chi connectivity index (χ1v) is 6.72. The Morgan fingerprint density at radius 2 is 1.75 bits per heavy atom. The lowest BCUT2D eigenvalue weighted by Gasteiger charge is -2.12. The molecule has 0 saturated heterocycles. The summed E-state index contributed by atoms with van der Waals surface area (Å²) in [6.45, 7) is 2.40. The maximum atomic E-state index is 11.7. The molecular weight excluding hydrogens is 224 g/mol. The lowest BCUT2D eigenvalue weighted by atomic mass is 10.3. The zero-order chi connectivity index (χ0) is 12.2. The van der Waals surface area contributed by atoms with Gasteiger partial charge in [0.15, 0.2) is 0 Å². The monoisotopic (exact) mass is 242 g/mol. The largest absolute Gasteiger partial charge is 0.378 e. The summed E-state index contributed by atoms with van der Waals surface area (Å²) in [5.41, 5.74) is 0.981. The number of hydrogen-bond donors (Lipinski definition) is 1. The van der Waals surface area contributed by atoms with Gasteiger partial charge < -0.3 is 4.90 Å². The Bertz CT molecular complexity index is 424. The highest BCUT2D eigenvalue weighted by atomic mass is 32.2. The van der Waals surface area contributed by atoms with Crippen LogP contribution in [0.2, 0.25) is 0 Å². The molecule has 0 aliphatic rings. The van der Waals surface area contributed by atoms with Gasteiger partial charge in [-0.1, -0.05) is 6.92 Å². The fraction of sp³-hybridized carbons (Fsp3) is 0.455. The van der Waals surface area contributed by atoms with Gasteiger partial charge in [-0.3, -0.25) is 0 Å². The quantitative estimate of drug-likeness (QED) is 0.850. The second kappa shape index (κ2) is 5.32. The zero-order valence-electron chi connectivity index (χ0n) is 9.90. The molecule has 0 radical (unpaired) electrons. The first-order valence-electron chi connectivity index (χ1n) is 5.24. The van der Waals surface area contributed by atoms with Gasteiger partial charge in [0, 0.05) is 26.3 Å². The maximum Gasteiger partial charge on any atom is 0.240 e. The van der Waals surface area contributed by atoms with Crippen molar-refractivity contribution in [2.75, 3.05) is 25.5 Å². The Hall–Kier alpha value is -1.07. The molecule has 1 aromatic carbocycles. The second-order valence-electron chi connectivity index (χ2n) is 3.79. The normalized spacial score (nSPS) is 11.4. The van der Waals surface area contributed by atoms with Crippen molar-refractivity contribution in [3.05, 3.63) is 24.3 Å². The molecule has 0 bridgehead atoms. The van der Waals surface area contributed by atoms with Crippen molar-refractivity contribution >= 4 is 15.7 Å². The van der Waals surface area contributed by atoms with E-state index in [-0.39, 0.29) is 0 Å². The summed E-state index contributed by atoms with van der Waals surface area (Å²) in [7, 11) is 0.498. The van der Waals surface area contributed by atoms with Crippen molar-refractivity contribution in [3.8, 4) is 0 Å². The Balaban J connectivity index is 2.89. The molecule has 0 heterocycles. The van der Waals surface area contributed by atoms with Crippen LogP contribution in [0, 0.1) is 0 Å². The minimum atomic E-state index is -3.33. The standard InChI is InChI=1S/C11H18N2O2S/c1-4-9-12-16(14,15)11-7-5-10(6-8-11)13(2)3/h5-8,12H,4,9H2,1-3H3. The lowest BCUT2D eigenvalue weighted by molar-refractivity contribution is 0.581. The summed E-state index contributed by atoms with van der Waals surface area (Å²) in [5, 5.41) is 0. The molecular formula is C11H18N2O2S. The SMILES string of the molecule is CCCNS(=O)(=O)c1ccc(N(C)C)cc1. The molecule has 0 unspecified atom stereocenters. The van der Waals surface area contributed by atoms with Crippen LogP contribution in [0.25, 0.3) is 0 Å². The van der Waals surface area contributed by atoms with Gasteiger partial charge in [0.2, 0.25) is 10.0 Å². The molecule has 90 valence electrons. The third-order valence-corrected chi connectivity index (χ3v) is 3.68. The minimum Gasteiger partial charge on any atom is -0.378 e. The summed E-state index contributed by atoms with van der Waals surface area (Å²) in [6.07, 6.45) is 0.787. The Morgan fingerprint density at radius 1 is 1.19 bits per heavy atom. The van der Waals surface area contributed by atoms with Crippen molar-refractivity contribution in [2.45, 2.75) is 18.2 Å². The Labute approximate surface area is 97.3 Å². The molecule has 4 nitrogen and oxygen atoms in total. The van der Waals surface area contributed by atoms with E-state index >= 15 is 0 Å². The predicted octanol–water partition coefficient (Wildman–Crippen LogP) is 1.44. The molecule has 0 spiro atoms. The van der Waals surface area contributed by atoms with E-state index in [1.54, 1.807) is 24.3 Å². The van der Waals surface area contributed by atoms with Crippen molar-refractivity contribution in [1.29, 1.82) is 0 Å². The van der Waals surface area contributed by atoms with Gasteiger partial charge >= 0.3 is 0 Å². The average molecular weight is 242 g/mol. The second-order valence-corrected chi connectivity index (χ2v) is 5.55. The van der Waals surface area contributed by atoms with Gasteiger partial charge in [0.05, 0.1) is 4.90 Å². The highest BCUT2D eigenvalue weighted by Gasteiger charge is 2.12. The van der Waals surface area contributed by atoms with E-state index in [9.17, 15) is 8.42 Å². The molecule has 0 aliphatic heterocycles. The molecule has 0 saturated carbocycles. The first kappa shape index (κ1) is 13.0. The lowest BCUT2D eigenvalue weighted by Crippen LogP contribution is -2.24. The molecule has 1 N–H and O–H groups in total. The summed E-state index contributed by atoms with van der Waals surface area (Å²) in [4.78, 5) is 2.24. The highest BCUT2D eigenvalue weighted by molar-refractivity contribution is 7.89. The predicted molar refractivity (Wildman–Crippen MR) is 66.2 cm³/mol. The smallest absolute Gasteiger partial charge is 0.240 e. The molecule has 0 aliphatic carbocycles. The van der Waals surface area contributed by atoms with E-state index in [0.29, 0.717) is 11.4 Å². The van der Waals surface area contributed by atoms with E-state index < -0.39 is 10.0 Å². The van der Waals surface area contributed by atoms with Crippen LogP contribution in [0.4, 0.5) is 5.69 Å². The summed E-state index contributed by atoms with van der Waals surface area (Å²) >= 11 is 0. The Kier molecular flexibility index (Phi) is 4.32. The summed E-state index contributed by atoms with van der Waals surface area (Å²) in [5.74, 6) is 0. The van der Waals surface area contributed by atoms with Crippen LogP contribution in [-0.4, -0.2) is 29.1 Å². The van der Waals surface area contributed by atoms with Crippen LogP contribution >= 0.6 is 0 Å². The topological polar surface area (TPSA) is 49.4 Å². The number of benzene rings is 1. The fourth-order valence-corrected chi connectivity index (χ4v) is 2.38. The van der Waals surface area contributed by atoms with Gasteiger partial charge in [-0.15, -0.1) is 0 Å². The van der Waals surface area contributed by atoms with Gasteiger partial charge in [0.25, 0.3) is 0 Å². The van der Waals surface area contributed by atoms with Crippen LogP contribution in [0.1, 0.15) is 13.3 Å². The molecule has 0 atom stereocenters. The van der Waals surface area contributed by atoms with Crippen LogP contribution in [0.15, 0.2) is 29.2 Å². The molecule has 1 rings (SSSR count). The molecule has 0 aromatic heterocycles. The maximum absolute atomic E-state index is 11.7.